The number of aliphatic hydroxyl groups is 1. The Hall–Kier alpha value is -4.15. The second-order valence-electron chi connectivity index (χ2n) is 13.6. The number of benzene rings is 2. The van der Waals surface area contributed by atoms with Gasteiger partial charge in [0.2, 0.25) is 11.8 Å². The van der Waals surface area contributed by atoms with Crippen molar-refractivity contribution in [2.75, 3.05) is 54.1 Å². The van der Waals surface area contributed by atoms with Crippen molar-refractivity contribution in [2.24, 2.45) is 17.8 Å². The molecule has 3 aliphatic rings. The van der Waals surface area contributed by atoms with E-state index in [1.54, 1.807) is 28.9 Å². The SMILES string of the molecule is C=CCN(C(=O)C1N([C@H](C)CO)C(=O)[C@@H]2[C@H](C(=O)N(CC=C)c3ccc(OCC)cc3)[C@@]3(C)OC12CC3C)c1ccc(N(CC)CC)cc1. The fourth-order valence-corrected chi connectivity index (χ4v) is 8.43. The molecule has 49 heavy (non-hydrogen) atoms. The molecule has 2 aromatic carbocycles. The van der Waals surface area contributed by atoms with E-state index in [2.05, 4.69) is 31.9 Å². The normalized spacial score (nSPS) is 27.4. The van der Waals surface area contributed by atoms with Crippen molar-refractivity contribution >= 4 is 34.8 Å². The van der Waals surface area contributed by atoms with E-state index in [-0.39, 0.29) is 43.3 Å². The molecule has 10 nitrogen and oxygen atoms in total. The molecule has 2 aromatic rings. The van der Waals surface area contributed by atoms with Gasteiger partial charge in [-0.05, 0) is 95.5 Å². The van der Waals surface area contributed by atoms with Gasteiger partial charge in [0.15, 0.2) is 0 Å². The lowest BCUT2D eigenvalue weighted by atomic mass is 9.62. The first kappa shape index (κ1) is 36.1. The molecule has 1 spiro atoms. The third-order valence-corrected chi connectivity index (χ3v) is 10.9. The Morgan fingerprint density at radius 2 is 1.51 bits per heavy atom. The molecule has 3 unspecified atom stereocenters. The van der Waals surface area contributed by atoms with Crippen LogP contribution < -0.4 is 19.4 Å². The number of hydrogen-bond donors (Lipinski definition) is 1. The first-order chi connectivity index (χ1) is 23.5. The highest BCUT2D eigenvalue weighted by Crippen LogP contribution is 2.66. The summed E-state index contributed by atoms with van der Waals surface area (Å²) in [6, 6.07) is 13.3. The van der Waals surface area contributed by atoms with Crippen LogP contribution in [0.15, 0.2) is 73.8 Å². The lowest BCUT2D eigenvalue weighted by Crippen LogP contribution is -2.58. The van der Waals surface area contributed by atoms with E-state index in [0.717, 1.165) is 18.8 Å². The van der Waals surface area contributed by atoms with Gasteiger partial charge in [-0.15, -0.1) is 13.2 Å². The summed E-state index contributed by atoms with van der Waals surface area (Å²) in [6.45, 7) is 21.9. The molecule has 3 aliphatic heterocycles. The van der Waals surface area contributed by atoms with Crippen LogP contribution in [0.25, 0.3) is 0 Å². The topological polar surface area (TPSA) is 103 Å². The van der Waals surface area contributed by atoms with Gasteiger partial charge in [0.1, 0.15) is 17.4 Å². The lowest BCUT2D eigenvalue weighted by molar-refractivity contribution is -0.148. The van der Waals surface area contributed by atoms with Gasteiger partial charge in [0, 0.05) is 43.2 Å². The number of nitrogens with zero attached hydrogens (tertiary/aromatic N) is 4. The molecule has 1 N–H and O–H groups in total. The zero-order valence-electron chi connectivity index (χ0n) is 29.8. The van der Waals surface area contributed by atoms with Crippen LogP contribution in [0.2, 0.25) is 0 Å². The van der Waals surface area contributed by atoms with E-state index in [4.69, 9.17) is 9.47 Å². The monoisotopic (exact) mass is 672 g/mol. The third-order valence-electron chi connectivity index (χ3n) is 10.9. The first-order valence-electron chi connectivity index (χ1n) is 17.5. The van der Waals surface area contributed by atoms with E-state index >= 15 is 0 Å². The fraction of sp³-hybridized carbons (Fsp3) is 0.513. The Balaban J connectivity index is 1.58. The third kappa shape index (κ3) is 5.93. The maximum absolute atomic E-state index is 15.0. The Labute approximate surface area is 290 Å². The molecule has 3 amide bonds. The lowest BCUT2D eigenvalue weighted by Gasteiger charge is -2.39. The van der Waals surface area contributed by atoms with E-state index in [0.29, 0.717) is 30.2 Å². The molecule has 3 saturated heterocycles. The van der Waals surface area contributed by atoms with Crippen LogP contribution in [0.3, 0.4) is 0 Å². The van der Waals surface area contributed by atoms with Gasteiger partial charge in [-0.1, -0.05) is 19.1 Å². The number of likely N-dealkylation sites (tertiary alicyclic amines) is 1. The van der Waals surface area contributed by atoms with E-state index in [9.17, 15) is 19.5 Å². The number of anilines is 3. The Morgan fingerprint density at radius 3 is 2.02 bits per heavy atom. The molecular weight excluding hydrogens is 620 g/mol. The highest BCUT2D eigenvalue weighted by Gasteiger charge is 2.80. The summed E-state index contributed by atoms with van der Waals surface area (Å²) >= 11 is 0. The number of hydrogen-bond acceptors (Lipinski definition) is 7. The van der Waals surface area contributed by atoms with Crippen LogP contribution in [0, 0.1) is 17.8 Å². The fourth-order valence-electron chi connectivity index (χ4n) is 8.43. The standard InChI is InChI=1S/C39H52N4O6/c1-9-22-41(30-18-20-31(21-19-30)48-13-5)35(45)32-33-36(46)43(27(7)25-44)34(39(33)24-26(6)38(32,8)49-39)37(47)42(23-10-2)29-16-14-28(15-17-29)40(11-3)12-4/h9-10,14-21,26-27,32-34,44H,1-2,11-13,22-25H2,3-8H3/t26?,27-,32-,33+,34?,38+,39?/m1/s1. The molecule has 7 atom stereocenters. The van der Waals surface area contributed by atoms with Crippen LogP contribution in [-0.2, 0) is 19.1 Å². The molecular formula is C39H52N4O6. The number of aliphatic hydroxyl groups excluding tert-OH is 1. The Bertz CT molecular complexity index is 1540. The van der Waals surface area contributed by atoms with Gasteiger partial charge in [0.05, 0.1) is 36.7 Å². The number of fused-ring (bicyclic) bond motifs is 1. The van der Waals surface area contributed by atoms with Crippen molar-refractivity contribution in [3.8, 4) is 5.75 Å². The van der Waals surface area contributed by atoms with Crippen molar-refractivity contribution < 1.29 is 29.0 Å². The zero-order chi connectivity index (χ0) is 35.7. The predicted molar refractivity (Wildman–Crippen MR) is 193 cm³/mol. The minimum absolute atomic E-state index is 0.141. The largest absolute Gasteiger partial charge is 0.494 e. The molecule has 10 heteroatoms. The number of carbonyl (C=O) groups is 3. The van der Waals surface area contributed by atoms with E-state index in [1.165, 1.54) is 4.90 Å². The maximum atomic E-state index is 15.0. The molecule has 5 rings (SSSR count). The molecule has 264 valence electrons. The van der Waals surface area contributed by atoms with Crippen LogP contribution in [-0.4, -0.2) is 90.4 Å². The summed E-state index contributed by atoms with van der Waals surface area (Å²) in [5.74, 6) is -2.19. The average molecular weight is 673 g/mol. The summed E-state index contributed by atoms with van der Waals surface area (Å²) in [6.07, 6.45) is 3.74. The average Bonchev–Trinajstić information content (AvgIpc) is 3.63. The number of carbonyl (C=O) groups excluding carboxylic acids is 3. The highest BCUT2D eigenvalue weighted by atomic mass is 16.5. The number of ether oxygens (including phenoxy) is 2. The van der Waals surface area contributed by atoms with Crippen LogP contribution in [0.1, 0.15) is 48.0 Å². The summed E-state index contributed by atoms with van der Waals surface area (Å²) in [5.41, 5.74) is 0.0690. The van der Waals surface area contributed by atoms with Gasteiger partial charge in [0.25, 0.3) is 5.91 Å². The van der Waals surface area contributed by atoms with Crippen LogP contribution in [0.4, 0.5) is 17.1 Å². The summed E-state index contributed by atoms with van der Waals surface area (Å²) in [5, 5.41) is 10.4. The molecule has 0 aliphatic carbocycles. The highest BCUT2D eigenvalue weighted by molar-refractivity contribution is 6.07. The summed E-state index contributed by atoms with van der Waals surface area (Å²) < 4.78 is 12.6. The number of amides is 3. The van der Waals surface area contributed by atoms with E-state index < -0.39 is 35.1 Å². The first-order valence-corrected chi connectivity index (χ1v) is 17.5. The minimum Gasteiger partial charge on any atom is -0.494 e. The summed E-state index contributed by atoms with van der Waals surface area (Å²) in [4.78, 5) is 51.5. The second-order valence-corrected chi connectivity index (χ2v) is 13.6. The van der Waals surface area contributed by atoms with Gasteiger partial charge in [-0.3, -0.25) is 14.4 Å². The van der Waals surface area contributed by atoms with Crippen molar-refractivity contribution in [3.63, 3.8) is 0 Å². The van der Waals surface area contributed by atoms with E-state index in [1.807, 2.05) is 69.3 Å². The van der Waals surface area contributed by atoms with Crippen LogP contribution in [0.5, 0.6) is 5.75 Å². The smallest absolute Gasteiger partial charge is 0.253 e. The molecule has 0 aromatic heterocycles. The zero-order valence-corrected chi connectivity index (χ0v) is 29.8. The van der Waals surface area contributed by atoms with Gasteiger partial charge in [-0.25, -0.2) is 0 Å². The Kier molecular flexibility index (Phi) is 10.6. The van der Waals surface area contributed by atoms with Gasteiger partial charge in [-0.2, -0.15) is 0 Å². The van der Waals surface area contributed by atoms with Gasteiger partial charge < -0.3 is 34.2 Å². The molecule has 0 radical (unpaired) electrons. The molecule has 0 saturated carbocycles. The van der Waals surface area contributed by atoms with Crippen molar-refractivity contribution in [1.82, 2.24) is 4.90 Å². The molecule has 2 bridgehead atoms. The summed E-state index contributed by atoms with van der Waals surface area (Å²) in [7, 11) is 0. The predicted octanol–water partition coefficient (Wildman–Crippen LogP) is 5.06. The van der Waals surface area contributed by atoms with Crippen molar-refractivity contribution in [2.45, 2.75) is 71.2 Å². The second kappa shape index (κ2) is 14.4. The van der Waals surface area contributed by atoms with Crippen LogP contribution >= 0.6 is 0 Å². The quantitative estimate of drug-likeness (QED) is 0.264. The molecule has 3 fully saturated rings. The Morgan fingerprint density at radius 1 is 0.980 bits per heavy atom. The minimum atomic E-state index is -1.27. The maximum Gasteiger partial charge on any atom is 0.253 e. The van der Waals surface area contributed by atoms with Crippen molar-refractivity contribution in [3.05, 3.63) is 73.8 Å². The molecule has 3 heterocycles. The number of rotatable bonds is 15. The van der Waals surface area contributed by atoms with Crippen molar-refractivity contribution in [1.29, 1.82) is 0 Å². The van der Waals surface area contributed by atoms with Gasteiger partial charge >= 0.3 is 0 Å².